The van der Waals surface area contributed by atoms with Gasteiger partial charge in [0.2, 0.25) is 5.95 Å². The van der Waals surface area contributed by atoms with Crippen molar-refractivity contribution in [3.05, 3.63) is 11.4 Å². The fourth-order valence-electron chi connectivity index (χ4n) is 2.01. The van der Waals surface area contributed by atoms with Crippen LogP contribution < -0.4 is 4.90 Å². The highest BCUT2D eigenvalue weighted by Gasteiger charge is 2.26. The normalized spacial score (nSPS) is 19.6. The molecule has 0 aromatic carbocycles. The second-order valence-electron chi connectivity index (χ2n) is 4.48. The van der Waals surface area contributed by atoms with Crippen LogP contribution in [0.15, 0.2) is 0 Å². The van der Waals surface area contributed by atoms with Crippen LogP contribution in [-0.2, 0) is 4.79 Å². The summed E-state index contributed by atoms with van der Waals surface area (Å²) in [6, 6.07) is 0. The number of hydrogen-bond acceptors (Lipinski definition) is 5. The molecule has 2 heterocycles. The van der Waals surface area contributed by atoms with Crippen molar-refractivity contribution in [3.63, 3.8) is 0 Å². The van der Waals surface area contributed by atoms with Gasteiger partial charge in [-0.25, -0.2) is 4.98 Å². The van der Waals surface area contributed by atoms with E-state index in [0.29, 0.717) is 12.5 Å². The van der Waals surface area contributed by atoms with Crippen LogP contribution in [0.1, 0.15) is 24.2 Å². The molecular weight excluding hydrogens is 220 g/mol. The lowest BCUT2D eigenvalue weighted by Gasteiger charge is -2.15. The van der Waals surface area contributed by atoms with E-state index in [0.717, 1.165) is 24.4 Å². The molecule has 1 aliphatic rings. The number of carboxylic acid groups (broad SMARTS) is 1. The molecular formula is C11H16N4O2. The topological polar surface area (TPSA) is 79.2 Å². The van der Waals surface area contributed by atoms with Crippen molar-refractivity contribution in [1.29, 1.82) is 0 Å². The highest BCUT2D eigenvalue weighted by molar-refractivity contribution is 5.67. The van der Waals surface area contributed by atoms with Crippen molar-refractivity contribution in [2.75, 3.05) is 18.0 Å². The van der Waals surface area contributed by atoms with Crippen LogP contribution in [-0.4, -0.2) is 39.3 Å². The number of carbonyl (C=O) groups is 1. The molecule has 0 amide bonds. The molecule has 2 rings (SSSR count). The Labute approximate surface area is 99.7 Å². The summed E-state index contributed by atoms with van der Waals surface area (Å²) in [6.07, 6.45) is 1.09. The molecule has 1 aliphatic heterocycles. The largest absolute Gasteiger partial charge is 0.481 e. The molecule has 1 fully saturated rings. The highest BCUT2D eigenvalue weighted by Crippen LogP contribution is 2.22. The van der Waals surface area contributed by atoms with E-state index in [9.17, 15) is 4.79 Å². The summed E-state index contributed by atoms with van der Waals surface area (Å²) in [5.41, 5.74) is 1.70. The molecule has 1 unspecified atom stereocenters. The molecule has 0 bridgehead atoms. The Morgan fingerprint density at radius 3 is 2.82 bits per heavy atom. The number of anilines is 1. The minimum Gasteiger partial charge on any atom is -0.481 e. The zero-order chi connectivity index (χ0) is 12.4. The summed E-state index contributed by atoms with van der Waals surface area (Å²) in [5, 5.41) is 16.8. The van der Waals surface area contributed by atoms with Gasteiger partial charge in [-0.1, -0.05) is 0 Å². The minimum absolute atomic E-state index is 0.192. The average molecular weight is 236 g/mol. The Bertz CT molecular complexity index is 435. The first-order valence-corrected chi connectivity index (χ1v) is 5.71. The molecule has 17 heavy (non-hydrogen) atoms. The first-order valence-electron chi connectivity index (χ1n) is 5.71. The quantitative estimate of drug-likeness (QED) is 0.835. The molecule has 1 N–H and O–H groups in total. The van der Waals surface area contributed by atoms with Gasteiger partial charge in [0.25, 0.3) is 0 Å². The van der Waals surface area contributed by atoms with E-state index in [-0.39, 0.29) is 12.3 Å². The Morgan fingerprint density at radius 1 is 1.41 bits per heavy atom. The molecule has 0 aliphatic carbocycles. The van der Waals surface area contributed by atoms with Gasteiger partial charge in [-0.15, -0.1) is 5.10 Å². The van der Waals surface area contributed by atoms with Gasteiger partial charge >= 0.3 is 5.97 Å². The van der Waals surface area contributed by atoms with Crippen LogP contribution in [0.4, 0.5) is 5.95 Å². The molecule has 1 aromatic rings. The summed E-state index contributed by atoms with van der Waals surface area (Å²) >= 11 is 0. The van der Waals surface area contributed by atoms with Gasteiger partial charge in [-0.2, -0.15) is 5.10 Å². The van der Waals surface area contributed by atoms with Crippen LogP contribution >= 0.6 is 0 Å². The summed E-state index contributed by atoms with van der Waals surface area (Å²) in [7, 11) is 0. The van der Waals surface area contributed by atoms with E-state index in [1.54, 1.807) is 0 Å². The van der Waals surface area contributed by atoms with E-state index in [2.05, 4.69) is 15.2 Å². The van der Waals surface area contributed by atoms with Gasteiger partial charge in [0.15, 0.2) is 0 Å². The zero-order valence-electron chi connectivity index (χ0n) is 10.1. The van der Waals surface area contributed by atoms with Crippen molar-refractivity contribution < 1.29 is 9.90 Å². The van der Waals surface area contributed by atoms with E-state index < -0.39 is 5.97 Å². The lowest BCUT2D eigenvalue weighted by atomic mass is 10.1. The van der Waals surface area contributed by atoms with Crippen LogP contribution in [0.2, 0.25) is 0 Å². The molecule has 92 valence electrons. The smallest absolute Gasteiger partial charge is 0.303 e. The first kappa shape index (κ1) is 11.8. The van der Waals surface area contributed by atoms with Crippen molar-refractivity contribution in [2.24, 2.45) is 5.92 Å². The SMILES string of the molecule is Cc1nnc(N2CCC(CC(=O)O)C2)nc1C. The molecule has 1 saturated heterocycles. The average Bonchev–Trinajstić information content (AvgIpc) is 2.69. The van der Waals surface area contributed by atoms with Crippen LogP contribution in [0.25, 0.3) is 0 Å². The molecule has 1 atom stereocenters. The maximum atomic E-state index is 10.6. The monoisotopic (exact) mass is 236 g/mol. The Kier molecular flexibility index (Phi) is 3.21. The summed E-state index contributed by atoms with van der Waals surface area (Å²) in [6.45, 7) is 5.28. The van der Waals surface area contributed by atoms with E-state index in [4.69, 9.17) is 5.11 Å². The van der Waals surface area contributed by atoms with Crippen LogP contribution in [0.3, 0.4) is 0 Å². The molecule has 0 radical (unpaired) electrons. The van der Waals surface area contributed by atoms with Gasteiger partial charge in [0.1, 0.15) is 0 Å². The second-order valence-corrected chi connectivity index (χ2v) is 4.48. The van der Waals surface area contributed by atoms with Gasteiger partial charge in [-0.05, 0) is 26.2 Å². The lowest BCUT2D eigenvalue weighted by molar-refractivity contribution is -0.137. The summed E-state index contributed by atoms with van der Waals surface area (Å²) in [5.74, 6) is 0.0645. The van der Waals surface area contributed by atoms with Crippen molar-refractivity contribution in [1.82, 2.24) is 15.2 Å². The van der Waals surface area contributed by atoms with E-state index >= 15 is 0 Å². The third-order valence-electron chi connectivity index (χ3n) is 3.11. The van der Waals surface area contributed by atoms with Crippen molar-refractivity contribution in [3.8, 4) is 0 Å². The van der Waals surface area contributed by atoms with Gasteiger partial charge in [0.05, 0.1) is 11.4 Å². The Balaban J connectivity index is 2.04. The molecule has 0 spiro atoms. The molecule has 6 nitrogen and oxygen atoms in total. The fraction of sp³-hybridized carbons (Fsp3) is 0.636. The fourth-order valence-corrected chi connectivity index (χ4v) is 2.01. The van der Waals surface area contributed by atoms with E-state index in [1.807, 2.05) is 18.7 Å². The number of hydrogen-bond donors (Lipinski definition) is 1. The Hall–Kier alpha value is -1.72. The van der Waals surface area contributed by atoms with Crippen LogP contribution in [0.5, 0.6) is 0 Å². The number of nitrogens with zero attached hydrogens (tertiary/aromatic N) is 4. The zero-order valence-corrected chi connectivity index (χ0v) is 10.1. The predicted molar refractivity (Wildman–Crippen MR) is 61.9 cm³/mol. The predicted octanol–water partition coefficient (Wildman–Crippen LogP) is 0.789. The maximum Gasteiger partial charge on any atom is 0.303 e. The highest BCUT2D eigenvalue weighted by atomic mass is 16.4. The summed E-state index contributed by atoms with van der Waals surface area (Å²) < 4.78 is 0. The standard InChI is InChI=1S/C11H16N4O2/c1-7-8(2)13-14-11(12-7)15-4-3-9(6-15)5-10(16)17/h9H,3-6H2,1-2H3,(H,16,17). The van der Waals surface area contributed by atoms with Gasteiger partial charge < -0.3 is 10.0 Å². The Morgan fingerprint density at radius 2 is 2.18 bits per heavy atom. The molecule has 1 aromatic heterocycles. The van der Waals surface area contributed by atoms with Gasteiger partial charge in [-0.3, -0.25) is 4.79 Å². The molecule has 6 heteroatoms. The van der Waals surface area contributed by atoms with Crippen molar-refractivity contribution >= 4 is 11.9 Å². The number of rotatable bonds is 3. The van der Waals surface area contributed by atoms with Gasteiger partial charge in [0, 0.05) is 19.5 Å². The van der Waals surface area contributed by atoms with Crippen molar-refractivity contribution in [2.45, 2.75) is 26.7 Å². The lowest BCUT2D eigenvalue weighted by Crippen LogP contribution is -2.23. The molecule has 0 saturated carbocycles. The van der Waals surface area contributed by atoms with Crippen LogP contribution in [0, 0.1) is 19.8 Å². The number of aromatic nitrogens is 3. The minimum atomic E-state index is -0.740. The number of aryl methyl sites for hydroxylation is 2. The first-order chi connectivity index (χ1) is 8.06. The second kappa shape index (κ2) is 4.65. The third kappa shape index (κ3) is 2.69. The van der Waals surface area contributed by atoms with E-state index in [1.165, 1.54) is 0 Å². The third-order valence-corrected chi connectivity index (χ3v) is 3.11. The number of aliphatic carboxylic acids is 1. The summed E-state index contributed by atoms with van der Waals surface area (Å²) in [4.78, 5) is 17.0. The maximum absolute atomic E-state index is 10.6. The number of carboxylic acids is 1.